The van der Waals surface area contributed by atoms with Crippen LogP contribution in [0.1, 0.15) is 5.56 Å². The highest BCUT2D eigenvalue weighted by molar-refractivity contribution is 5.40. The Morgan fingerprint density at radius 2 is 2.05 bits per heavy atom. The van der Waals surface area contributed by atoms with Crippen molar-refractivity contribution in [3.63, 3.8) is 0 Å². The van der Waals surface area contributed by atoms with Crippen LogP contribution in [0.5, 0.6) is 0 Å². The van der Waals surface area contributed by atoms with Gasteiger partial charge >= 0.3 is 0 Å². The molecular formula is C13H16FN3O2. The molecule has 3 rings (SSSR count). The lowest BCUT2D eigenvalue weighted by molar-refractivity contribution is -0.385. The molecule has 2 fully saturated rings. The molecule has 19 heavy (non-hydrogen) atoms. The molecule has 102 valence electrons. The monoisotopic (exact) mass is 265 g/mol. The van der Waals surface area contributed by atoms with E-state index < -0.39 is 10.7 Å². The van der Waals surface area contributed by atoms with Crippen molar-refractivity contribution in [3.05, 3.63) is 39.7 Å². The van der Waals surface area contributed by atoms with Crippen LogP contribution in [0.15, 0.2) is 18.2 Å². The Hall–Kier alpha value is -1.53. The Morgan fingerprint density at radius 1 is 1.37 bits per heavy atom. The van der Waals surface area contributed by atoms with Gasteiger partial charge in [-0.1, -0.05) is 0 Å². The Labute approximate surface area is 110 Å². The lowest BCUT2D eigenvalue weighted by Gasteiger charge is -2.16. The Bertz CT molecular complexity index is 497. The number of nitro groups is 1. The summed E-state index contributed by atoms with van der Waals surface area (Å²) >= 11 is 0. The second-order valence-electron chi connectivity index (χ2n) is 5.40. The smallest absolute Gasteiger partial charge is 0.274 e. The highest BCUT2D eigenvalue weighted by Gasteiger charge is 2.36. The Balaban J connectivity index is 1.76. The van der Waals surface area contributed by atoms with Gasteiger partial charge in [-0.05, 0) is 37.1 Å². The van der Waals surface area contributed by atoms with E-state index in [9.17, 15) is 14.5 Å². The van der Waals surface area contributed by atoms with E-state index in [0.29, 0.717) is 23.9 Å². The van der Waals surface area contributed by atoms with Crippen molar-refractivity contribution < 1.29 is 9.31 Å². The van der Waals surface area contributed by atoms with E-state index in [1.165, 1.54) is 12.1 Å². The molecular weight excluding hydrogens is 249 g/mol. The summed E-state index contributed by atoms with van der Waals surface area (Å²) in [5.41, 5.74) is 0.481. The SMILES string of the molecule is O=[N+]([O-])c1ccc(F)cc1CN1C[C@H]2CNC[C@H]2C1. The zero-order chi connectivity index (χ0) is 13.4. The zero-order valence-corrected chi connectivity index (χ0v) is 10.5. The molecule has 1 aromatic rings. The topological polar surface area (TPSA) is 58.4 Å². The van der Waals surface area contributed by atoms with Gasteiger partial charge in [0.05, 0.1) is 4.92 Å². The average Bonchev–Trinajstić information content (AvgIpc) is 2.89. The molecule has 2 aliphatic heterocycles. The number of benzene rings is 1. The van der Waals surface area contributed by atoms with Gasteiger partial charge in [0.25, 0.3) is 5.69 Å². The first-order valence-electron chi connectivity index (χ1n) is 6.49. The lowest BCUT2D eigenvalue weighted by atomic mass is 10.0. The van der Waals surface area contributed by atoms with Crippen LogP contribution in [0.25, 0.3) is 0 Å². The third-order valence-electron chi connectivity index (χ3n) is 4.10. The summed E-state index contributed by atoms with van der Waals surface area (Å²) in [5.74, 6) is 0.849. The van der Waals surface area contributed by atoms with Crippen molar-refractivity contribution in [1.29, 1.82) is 0 Å². The van der Waals surface area contributed by atoms with Crippen LogP contribution in [-0.2, 0) is 6.54 Å². The molecule has 0 unspecified atom stereocenters. The van der Waals surface area contributed by atoms with E-state index in [1.54, 1.807) is 0 Å². The van der Waals surface area contributed by atoms with Crippen molar-refractivity contribution in [3.8, 4) is 0 Å². The maximum Gasteiger partial charge on any atom is 0.274 e. The number of fused-ring (bicyclic) bond motifs is 1. The average molecular weight is 265 g/mol. The van der Waals surface area contributed by atoms with Crippen molar-refractivity contribution in [1.82, 2.24) is 10.2 Å². The fraction of sp³-hybridized carbons (Fsp3) is 0.538. The van der Waals surface area contributed by atoms with Gasteiger partial charge in [0.15, 0.2) is 0 Å². The second-order valence-corrected chi connectivity index (χ2v) is 5.40. The minimum absolute atomic E-state index is 0.0107. The largest absolute Gasteiger partial charge is 0.316 e. The van der Waals surface area contributed by atoms with Crippen molar-refractivity contribution in [2.24, 2.45) is 11.8 Å². The highest BCUT2D eigenvalue weighted by atomic mass is 19.1. The van der Waals surface area contributed by atoms with Crippen LogP contribution in [0.3, 0.4) is 0 Å². The minimum Gasteiger partial charge on any atom is -0.316 e. The number of rotatable bonds is 3. The maximum atomic E-state index is 13.3. The number of nitrogens with zero attached hydrogens (tertiary/aromatic N) is 2. The van der Waals surface area contributed by atoms with Crippen LogP contribution in [-0.4, -0.2) is 36.0 Å². The molecule has 5 nitrogen and oxygen atoms in total. The van der Waals surface area contributed by atoms with E-state index in [4.69, 9.17) is 0 Å². The molecule has 0 aliphatic carbocycles. The Morgan fingerprint density at radius 3 is 2.68 bits per heavy atom. The summed E-state index contributed by atoms with van der Waals surface area (Å²) in [7, 11) is 0. The van der Waals surface area contributed by atoms with Gasteiger partial charge in [-0.3, -0.25) is 15.0 Å². The van der Waals surface area contributed by atoms with E-state index in [0.717, 1.165) is 32.2 Å². The predicted molar refractivity (Wildman–Crippen MR) is 68.2 cm³/mol. The molecule has 2 saturated heterocycles. The molecule has 0 aromatic heterocycles. The summed E-state index contributed by atoms with van der Waals surface area (Å²) in [6.07, 6.45) is 0. The number of likely N-dealkylation sites (tertiary alicyclic amines) is 1. The molecule has 1 aromatic carbocycles. The quantitative estimate of drug-likeness (QED) is 0.662. The van der Waals surface area contributed by atoms with Gasteiger partial charge in [-0.25, -0.2) is 4.39 Å². The zero-order valence-electron chi connectivity index (χ0n) is 10.5. The minimum atomic E-state index is -0.437. The van der Waals surface area contributed by atoms with Gasteiger partial charge in [-0.2, -0.15) is 0 Å². The predicted octanol–water partition coefficient (Wildman–Crippen LogP) is 1.39. The fourth-order valence-electron chi connectivity index (χ4n) is 3.18. The van der Waals surface area contributed by atoms with Crippen LogP contribution < -0.4 is 5.32 Å². The highest BCUT2D eigenvalue weighted by Crippen LogP contribution is 2.29. The molecule has 2 aliphatic rings. The summed E-state index contributed by atoms with van der Waals surface area (Å²) < 4.78 is 13.3. The number of nitrogens with one attached hydrogen (secondary N) is 1. The van der Waals surface area contributed by atoms with Gasteiger partial charge in [0.1, 0.15) is 5.82 Å². The molecule has 2 heterocycles. The van der Waals surface area contributed by atoms with Gasteiger partial charge < -0.3 is 5.32 Å². The third kappa shape index (κ3) is 2.46. The van der Waals surface area contributed by atoms with Crippen LogP contribution in [0.2, 0.25) is 0 Å². The summed E-state index contributed by atoms with van der Waals surface area (Å²) in [5, 5.41) is 14.3. The fourth-order valence-corrected chi connectivity index (χ4v) is 3.18. The van der Waals surface area contributed by atoms with Crippen LogP contribution >= 0.6 is 0 Å². The molecule has 0 radical (unpaired) electrons. The first kappa shape index (κ1) is 12.5. The molecule has 0 bridgehead atoms. The number of hydrogen-bond donors (Lipinski definition) is 1. The van der Waals surface area contributed by atoms with Crippen LogP contribution in [0, 0.1) is 27.8 Å². The molecule has 2 atom stereocenters. The number of halogens is 1. The first-order valence-corrected chi connectivity index (χ1v) is 6.49. The number of nitro benzene ring substituents is 1. The number of hydrogen-bond acceptors (Lipinski definition) is 4. The standard InChI is InChI=1S/C13H16FN3O2/c14-12-1-2-13(17(18)19)9(3-12)6-16-7-10-4-15-5-11(10)8-16/h1-3,10-11,15H,4-8H2/t10-,11+. The summed E-state index contributed by atoms with van der Waals surface area (Å²) in [6, 6.07) is 3.68. The van der Waals surface area contributed by atoms with Crippen LogP contribution in [0.4, 0.5) is 10.1 Å². The summed E-state index contributed by atoms with van der Waals surface area (Å²) in [4.78, 5) is 12.7. The molecule has 0 saturated carbocycles. The maximum absolute atomic E-state index is 13.3. The molecule has 6 heteroatoms. The normalized spacial score (nSPS) is 26.6. The third-order valence-corrected chi connectivity index (χ3v) is 4.10. The van der Waals surface area contributed by atoms with E-state index in [-0.39, 0.29) is 5.69 Å². The van der Waals surface area contributed by atoms with Gasteiger partial charge in [0, 0.05) is 31.3 Å². The van der Waals surface area contributed by atoms with E-state index >= 15 is 0 Å². The summed E-state index contributed by atoms with van der Waals surface area (Å²) in [6.45, 7) is 4.37. The van der Waals surface area contributed by atoms with Crippen molar-refractivity contribution in [2.45, 2.75) is 6.54 Å². The van der Waals surface area contributed by atoms with Gasteiger partial charge in [-0.15, -0.1) is 0 Å². The first-order chi connectivity index (χ1) is 9.13. The Kier molecular flexibility index (Phi) is 3.20. The molecule has 0 spiro atoms. The van der Waals surface area contributed by atoms with Crippen molar-refractivity contribution in [2.75, 3.05) is 26.2 Å². The lowest BCUT2D eigenvalue weighted by Crippen LogP contribution is -2.25. The van der Waals surface area contributed by atoms with Crippen molar-refractivity contribution >= 4 is 5.69 Å². The second kappa shape index (κ2) is 4.86. The van der Waals surface area contributed by atoms with E-state index in [1.807, 2.05) is 0 Å². The molecule has 0 amide bonds. The van der Waals surface area contributed by atoms with Gasteiger partial charge in [0.2, 0.25) is 0 Å². The molecule has 1 N–H and O–H groups in total. The van der Waals surface area contributed by atoms with E-state index in [2.05, 4.69) is 10.2 Å².